The Morgan fingerprint density at radius 1 is 1.15 bits per heavy atom. The molecule has 0 bridgehead atoms. The highest BCUT2D eigenvalue weighted by Gasteiger charge is 2.46. The van der Waals surface area contributed by atoms with E-state index in [0.29, 0.717) is 12.8 Å². The van der Waals surface area contributed by atoms with E-state index in [0.717, 1.165) is 21.8 Å². The molecule has 0 atom stereocenters. The summed E-state index contributed by atoms with van der Waals surface area (Å²) in [4.78, 5) is 39.4. The highest BCUT2D eigenvalue weighted by atomic mass is 35.5. The number of alkyl halides is 3. The first-order chi connectivity index (χ1) is 18.5. The monoisotopic (exact) mass is 585 g/mol. The summed E-state index contributed by atoms with van der Waals surface area (Å²) in [5, 5.41) is 13.3. The number of hydrogen-bond donors (Lipinski definition) is 1. The van der Waals surface area contributed by atoms with Gasteiger partial charge in [-0.2, -0.15) is 18.3 Å². The third-order valence-corrected chi connectivity index (χ3v) is 8.55. The van der Waals surface area contributed by atoms with Crippen molar-refractivity contribution in [2.75, 3.05) is 13.1 Å². The molecule has 0 aliphatic heterocycles. The molecule has 1 aromatic carbocycles. The minimum atomic E-state index is -4.95. The number of amides is 1. The topological polar surface area (TPSA) is 92.5 Å². The van der Waals surface area contributed by atoms with E-state index < -0.39 is 64.5 Å². The van der Waals surface area contributed by atoms with E-state index in [1.165, 1.54) is 12.1 Å². The fourth-order valence-electron chi connectivity index (χ4n) is 6.13. The van der Waals surface area contributed by atoms with Gasteiger partial charge in [-0.15, -0.1) is 0 Å². The summed E-state index contributed by atoms with van der Waals surface area (Å²) in [6.07, 6.45) is -2.06. The van der Waals surface area contributed by atoms with Gasteiger partial charge >= 0.3 is 12.1 Å². The van der Waals surface area contributed by atoms with Crippen LogP contribution in [-0.4, -0.2) is 50.5 Å². The lowest BCUT2D eigenvalue weighted by molar-refractivity contribution is -0.152. The lowest BCUT2D eigenvalue weighted by Crippen LogP contribution is -2.45. The third-order valence-electron chi connectivity index (χ3n) is 8.24. The SMILES string of the molecule is CC1(C)CC(CN(CC(=O)c2c(F)cccc2Cl)C(=O)c2cnn([C@H]3CC[C@](C)(C(=O)O)CC3)c2C(F)(F)F)C1. The molecule has 40 heavy (non-hydrogen) atoms. The Labute approximate surface area is 234 Å². The number of hydrogen-bond acceptors (Lipinski definition) is 4. The van der Waals surface area contributed by atoms with Crippen molar-refractivity contribution in [3.8, 4) is 0 Å². The van der Waals surface area contributed by atoms with Crippen LogP contribution in [0.5, 0.6) is 0 Å². The molecule has 0 radical (unpaired) electrons. The molecule has 1 amide bonds. The molecule has 0 saturated heterocycles. The number of aliphatic carboxylic acids is 1. The van der Waals surface area contributed by atoms with Crippen molar-refractivity contribution < 1.29 is 37.1 Å². The molecule has 1 heterocycles. The van der Waals surface area contributed by atoms with Crippen molar-refractivity contribution in [3.63, 3.8) is 0 Å². The first-order valence-corrected chi connectivity index (χ1v) is 13.5. The van der Waals surface area contributed by atoms with Crippen molar-refractivity contribution in [1.29, 1.82) is 0 Å². The Balaban J connectivity index is 1.65. The van der Waals surface area contributed by atoms with Crippen LogP contribution in [0.15, 0.2) is 24.4 Å². The van der Waals surface area contributed by atoms with E-state index in [1.54, 1.807) is 6.92 Å². The third kappa shape index (κ3) is 6.04. The second-order valence-electron chi connectivity index (χ2n) is 12.1. The molecule has 2 saturated carbocycles. The Morgan fingerprint density at radius 3 is 2.30 bits per heavy atom. The van der Waals surface area contributed by atoms with Crippen LogP contribution in [0, 0.1) is 22.6 Å². The number of carboxylic acids is 1. The predicted octanol–water partition coefficient (Wildman–Crippen LogP) is 6.66. The molecule has 2 fully saturated rings. The van der Waals surface area contributed by atoms with Crippen LogP contribution >= 0.6 is 11.6 Å². The molecule has 2 aromatic rings. The lowest BCUT2D eigenvalue weighted by Gasteiger charge is -2.44. The van der Waals surface area contributed by atoms with Crippen molar-refractivity contribution in [2.24, 2.45) is 16.7 Å². The maximum Gasteiger partial charge on any atom is 0.433 e. The Kier molecular flexibility index (Phi) is 8.10. The highest BCUT2D eigenvalue weighted by molar-refractivity contribution is 6.34. The van der Waals surface area contributed by atoms with Gasteiger partial charge in [0, 0.05) is 6.54 Å². The van der Waals surface area contributed by atoms with E-state index in [4.69, 9.17) is 11.6 Å². The average Bonchev–Trinajstić information content (AvgIpc) is 3.28. The zero-order chi connectivity index (χ0) is 29.6. The summed E-state index contributed by atoms with van der Waals surface area (Å²) < 4.78 is 58.5. The smallest absolute Gasteiger partial charge is 0.433 e. The van der Waals surface area contributed by atoms with Crippen LogP contribution in [0.25, 0.3) is 0 Å². The summed E-state index contributed by atoms with van der Waals surface area (Å²) in [6, 6.07) is 2.95. The average molecular weight is 586 g/mol. The fraction of sp³-hybridized carbons (Fsp3) is 0.571. The van der Waals surface area contributed by atoms with Gasteiger partial charge in [0.15, 0.2) is 11.5 Å². The zero-order valence-corrected chi connectivity index (χ0v) is 23.3. The Bertz CT molecular complexity index is 1290. The van der Waals surface area contributed by atoms with E-state index >= 15 is 0 Å². The largest absolute Gasteiger partial charge is 0.481 e. The quantitative estimate of drug-likeness (QED) is 0.276. The van der Waals surface area contributed by atoms with Crippen LogP contribution < -0.4 is 0 Å². The molecule has 0 spiro atoms. The van der Waals surface area contributed by atoms with E-state index in [9.17, 15) is 37.1 Å². The van der Waals surface area contributed by atoms with Gasteiger partial charge < -0.3 is 10.0 Å². The maximum absolute atomic E-state index is 14.4. The van der Waals surface area contributed by atoms with E-state index in [2.05, 4.69) is 5.10 Å². The zero-order valence-electron chi connectivity index (χ0n) is 22.5. The molecular formula is C28H32ClF4N3O4. The van der Waals surface area contributed by atoms with Gasteiger partial charge in [-0.3, -0.25) is 19.1 Å². The first-order valence-electron chi connectivity index (χ1n) is 13.2. The van der Waals surface area contributed by atoms with Crippen LogP contribution in [0.4, 0.5) is 17.6 Å². The molecule has 1 N–H and O–H groups in total. The van der Waals surface area contributed by atoms with Gasteiger partial charge in [0.1, 0.15) is 5.82 Å². The van der Waals surface area contributed by atoms with Gasteiger partial charge in [-0.25, -0.2) is 4.39 Å². The molecular weight excluding hydrogens is 554 g/mol. The number of aromatic nitrogens is 2. The number of carboxylic acid groups (broad SMARTS) is 1. The number of carbonyl (C=O) groups excluding carboxylic acids is 2. The molecule has 1 aromatic heterocycles. The van der Waals surface area contributed by atoms with Crippen LogP contribution in [0.2, 0.25) is 5.02 Å². The number of Topliss-reactive ketones (excluding diaryl/α,β-unsaturated/α-hetero) is 1. The van der Waals surface area contributed by atoms with Gasteiger partial charge in [-0.05, 0) is 68.9 Å². The van der Waals surface area contributed by atoms with Crippen molar-refractivity contribution >= 4 is 29.3 Å². The molecule has 12 heteroatoms. The standard InChI is InChI=1S/C28H32ClF4N3O4/c1-26(2)11-16(12-26)14-35(15-21(37)22-19(29)5-4-6-20(22)30)24(38)18-13-34-36(23(18)28(31,32)33)17-7-9-27(3,10-8-17)25(39)40/h4-6,13,16-17H,7-12,14-15H2,1-3H3,(H,39,40)/t17-,27-. The molecule has 2 aliphatic carbocycles. The van der Waals surface area contributed by atoms with Crippen molar-refractivity contribution in [2.45, 2.75) is 71.5 Å². The summed E-state index contributed by atoms with van der Waals surface area (Å²) >= 11 is 6.04. The second kappa shape index (κ2) is 10.8. The number of halogens is 5. The van der Waals surface area contributed by atoms with Crippen molar-refractivity contribution in [3.05, 3.63) is 52.1 Å². The van der Waals surface area contributed by atoms with Gasteiger partial charge in [-0.1, -0.05) is 31.5 Å². The van der Waals surface area contributed by atoms with Gasteiger partial charge in [0.2, 0.25) is 0 Å². The minimum absolute atomic E-state index is 0.00564. The summed E-state index contributed by atoms with van der Waals surface area (Å²) in [6.45, 7) is 4.99. The number of rotatable bonds is 8. The molecule has 2 aliphatic rings. The van der Waals surface area contributed by atoms with Crippen LogP contribution in [-0.2, 0) is 11.0 Å². The predicted molar refractivity (Wildman–Crippen MR) is 139 cm³/mol. The number of nitrogens with zero attached hydrogens (tertiary/aromatic N) is 3. The highest BCUT2D eigenvalue weighted by Crippen LogP contribution is 2.46. The summed E-state index contributed by atoms with van der Waals surface area (Å²) in [5.41, 5.74) is -3.40. The number of carbonyl (C=O) groups is 3. The van der Waals surface area contributed by atoms with Crippen LogP contribution in [0.1, 0.15) is 91.7 Å². The Morgan fingerprint density at radius 2 is 1.77 bits per heavy atom. The minimum Gasteiger partial charge on any atom is -0.481 e. The van der Waals surface area contributed by atoms with Crippen LogP contribution in [0.3, 0.4) is 0 Å². The van der Waals surface area contributed by atoms with E-state index in [1.807, 2.05) is 13.8 Å². The Hall–Kier alpha value is -2.95. The van der Waals surface area contributed by atoms with E-state index in [-0.39, 0.29) is 48.6 Å². The molecule has 0 unspecified atom stereocenters. The maximum atomic E-state index is 14.4. The lowest BCUT2D eigenvalue weighted by atomic mass is 9.64. The van der Waals surface area contributed by atoms with Crippen molar-refractivity contribution in [1.82, 2.24) is 14.7 Å². The summed E-state index contributed by atoms with van der Waals surface area (Å²) in [7, 11) is 0. The molecule has 218 valence electrons. The molecule has 4 rings (SSSR count). The second-order valence-corrected chi connectivity index (χ2v) is 12.5. The first kappa shape index (κ1) is 30.0. The fourth-order valence-corrected chi connectivity index (χ4v) is 6.39. The molecule has 7 nitrogen and oxygen atoms in total. The van der Waals surface area contributed by atoms with Gasteiger partial charge in [0.05, 0.1) is 40.3 Å². The van der Waals surface area contributed by atoms with Gasteiger partial charge in [0.25, 0.3) is 5.91 Å². The summed E-state index contributed by atoms with van der Waals surface area (Å²) in [5.74, 6) is -3.79. The number of ketones is 1. The normalized spacial score (nSPS) is 22.9. The number of benzene rings is 1.